The predicted molar refractivity (Wildman–Crippen MR) is 92.3 cm³/mol. The highest BCUT2D eigenvalue weighted by molar-refractivity contribution is 8.26. The molecule has 1 aliphatic rings. The smallest absolute Gasteiger partial charge is 0.326 e. The van der Waals surface area contributed by atoms with Gasteiger partial charge in [-0.25, -0.2) is 9.18 Å². The zero-order chi connectivity index (χ0) is 17.1. The molecular formula is C16H16FNO3S2. The molecule has 1 saturated heterocycles. The van der Waals surface area contributed by atoms with Crippen LogP contribution in [0, 0.1) is 11.7 Å². The molecule has 1 amide bonds. The Hall–Kier alpha value is -1.73. The normalized spacial score (nSPS) is 18.1. The van der Waals surface area contributed by atoms with Crippen molar-refractivity contribution in [3.05, 3.63) is 40.6 Å². The highest BCUT2D eigenvalue weighted by Crippen LogP contribution is 2.35. The Morgan fingerprint density at radius 3 is 2.52 bits per heavy atom. The Morgan fingerprint density at radius 2 is 2.00 bits per heavy atom. The van der Waals surface area contributed by atoms with E-state index in [9.17, 15) is 19.1 Å². The number of carboxylic acid groups (broad SMARTS) is 1. The lowest BCUT2D eigenvalue weighted by Gasteiger charge is -2.24. The molecule has 0 aromatic heterocycles. The number of amides is 1. The molecule has 23 heavy (non-hydrogen) atoms. The van der Waals surface area contributed by atoms with Crippen molar-refractivity contribution in [3.63, 3.8) is 0 Å². The molecule has 1 aromatic carbocycles. The maximum absolute atomic E-state index is 12.9. The number of hydrogen-bond donors (Lipinski definition) is 1. The lowest BCUT2D eigenvalue weighted by atomic mass is 10.0. The number of thiocarbonyl (C=S) groups is 1. The fourth-order valence-corrected chi connectivity index (χ4v) is 3.58. The number of carbonyl (C=O) groups excluding carboxylic acids is 1. The van der Waals surface area contributed by atoms with Crippen molar-refractivity contribution in [3.8, 4) is 0 Å². The Balaban J connectivity index is 2.28. The average Bonchev–Trinajstić information content (AvgIpc) is 2.73. The van der Waals surface area contributed by atoms with E-state index in [1.54, 1.807) is 18.2 Å². The first kappa shape index (κ1) is 17.6. The standard InChI is InChI=1S/C16H16FNO3S2/c1-9(2)7-12(15(20)21)18-14(19)13(23-16(18)22)8-10-3-5-11(17)6-4-10/h3-6,8-9,12H,7H2,1-2H3,(H,20,21)/b13-8-. The third-order valence-electron chi connectivity index (χ3n) is 3.28. The van der Waals surface area contributed by atoms with Crippen LogP contribution in [0.25, 0.3) is 6.08 Å². The van der Waals surface area contributed by atoms with Gasteiger partial charge in [-0.2, -0.15) is 0 Å². The summed E-state index contributed by atoms with van der Waals surface area (Å²) in [6.45, 7) is 3.78. The van der Waals surface area contributed by atoms with Gasteiger partial charge >= 0.3 is 5.97 Å². The number of rotatable bonds is 5. The number of benzene rings is 1. The van der Waals surface area contributed by atoms with Gasteiger partial charge in [0.25, 0.3) is 5.91 Å². The number of hydrogen-bond acceptors (Lipinski definition) is 4. The minimum atomic E-state index is -1.07. The molecule has 0 saturated carbocycles. The Bertz CT molecular complexity index is 670. The van der Waals surface area contributed by atoms with E-state index in [4.69, 9.17) is 12.2 Å². The number of carboxylic acids is 1. The van der Waals surface area contributed by atoms with Crippen LogP contribution in [0.2, 0.25) is 0 Å². The minimum Gasteiger partial charge on any atom is -0.480 e. The zero-order valence-corrected chi connectivity index (χ0v) is 14.3. The van der Waals surface area contributed by atoms with Gasteiger partial charge in [0.05, 0.1) is 4.91 Å². The van der Waals surface area contributed by atoms with Gasteiger partial charge in [0.15, 0.2) is 0 Å². The van der Waals surface area contributed by atoms with Gasteiger partial charge in [0.2, 0.25) is 0 Å². The monoisotopic (exact) mass is 353 g/mol. The van der Waals surface area contributed by atoms with Gasteiger partial charge < -0.3 is 5.11 Å². The van der Waals surface area contributed by atoms with Gasteiger partial charge in [-0.3, -0.25) is 9.69 Å². The molecule has 0 spiro atoms. The molecule has 1 atom stereocenters. The first-order valence-electron chi connectivity index (χ1n) is 7.05. The summed E-state index contributed by atoms with van der Waals surface area (Å²) in [5.74, 6) is -1.74. The number of thioether (sulfide) groups is 1. The van der Waals surface area contributed by atoms with Crippen LogP contribution in [0.1, 0.15) is 25.8 Å². The molecule has 0 bridgehead atoms. The average molecular weight is 353 g/mol. The lowest BCUT2D eigenvalue weighted by molar-refractivity contribution is -0.145. The molecule has 1 unspecified atom stereocenters. The highest BCUT2D eigenvalue weighted by atomic mass is 32.2. The molecule has 7 heteroatoms. The van der Waals surface area contributed by atoms with E-state index < -0.39 is 17.9 Å². The van der Waals surface area contributed by atoms with Crippen LogP contribution in [-0.2, 0) is 9.59 Å². The van der Waals surface area contributed by atoms with Crippen molar-refractivity contribution in [2.24, 2.45) is 5.92 Å². The summed E-state index contributed by atoms with van der Waals surface area (Å²) < 4.78 is 13.2. The largest absolute Gasteiger partial charge is 0.480 e. The molecule has 0 radical (unpaired) electrons. The van der Waals surface area contributed by atoms with E-state index in [0.717, 1.165) is 16.7 Å². The van der Waals surface area contributed by atoms with Crippen molar-refractivity contribution in [2.45, 2.75) is 26.3 Å². The number of nitrogens with zero attached hydrogens (tertiary/aromatic N) is 1. The summed E-state index contributed by atoms with van der Waals surface area (Å²) in [6, 6.07) is 4.72. The maximum Gasteiger partial charge on any atom is 0.326 e. The number of aliphatic carboxylic acids is 1. The molecule has 1 aromatic rings. The number of carbonyl (C=O) groups is 2. The summed E-state index contributed by atoms with van der Waals surface area (Å²) >= 11 is 6.25. The second-order valence-electron chi connectivity index (χ2n) is 5.59. The Morgan fingerprint density at radius 1 is 1.39 bits per heavy atom. The zero-order valence-electron chi connectivity index (χ0n) is 12.7. The van der Waals surface area contributed by atoms with E-state index in [2.05, 4.69) is 0 Å². The second kappa shape index (κ2) is 7.23. The van der Waals surface area contributed by atoms with Crippen LogP contribution < -0.4 is 0 Å². The van der Waals surface area contributed by atoms with Crippen LogP contribution >= 0.6 is 24.0 Å². The fraction of sp³-hybridized carbons (Fsp3) is 0.312. The van der Waals surface area contributed by atoms with Crippen molar-refractivity contribution >= 4 is 46.3 Å². The molecular weight excluding hydrogens is 337 g/mol. The van der Waals surface area contributed by atoms with Gasteiger partial charge in [0, 0.05) is 0 Å². The molecule has 1 heterocycles. The van der Waals surface area contributed by atoms with Gasteiger partial charge in [0.1, 0.15) is 16.2 Å². The van der Waals surface area contributed by atoms with Crippen LogP contribution in [0.4, 0.5) is 4.39 Å². The summed E-state index contributed by atoms with van der Waals surface area (Å²) in [6.07, 6.45) is 1.92. The van der Waals surface area contributed by atoms with E-state index in [1.165, 1.54) is 12.1 Å². The molecule has 4 nitrogen and oxygen atoms in total. The van der Waals surface area contributed by atoms with Crippen LogP contribution in [0.15, 0.2) is 29.2 Å². The minimum absolute atomic E-state index is 0.113. The van der Waals surface area contributed by atoms with Crippen LogP contribution in [0.3, 0.4) is 0 Å². The summed E-state index contributed by atoms with van der Waals surface area (Å²) in [5.41, 5.74) is 0.655. The van der Waals surface area contributed by atoms with Crippen molar-refractivity contribution in [1.82, 2.24) is 4.90 Å². The summed E-state index contributed by atoms with van der Waals surface area (Å²) in [5, 5.41) is 9.40. The topological polar surface area (TPSA) is 57.6 Å². The Kier molecular flexibility index (Phi) is 5.54. The first-order chi connectivity index (χ1) is 10.8. The number of halogens is 1. The Labute approximate surface area is 143 Å². The van der Waals surface area contributed by atoms with Crippen LogP contribution in [0.5, 0.6) is 0 Å². The third-order valence-corrected chi connectivity index (χ3v) is 4.61. The van der Waals surface area contributed by atoms with Crippen molar-refractivity contribution < 1.29 is 19.1 Å². The molecule has 2 rings (SSSR count). The third kappa shape index (κ3) is 4.17. The lowest BCUT2D eigenvalue weighted by Crippen LogP contribution is -2.44. The van der Waals surface area contributed by atoms with Gasteiger partial charge in [-0.1, -0.05) is 50.0 Å². The molecule has 122 valence electrons. The first-order valence-corrected chi connectivity index (χ1v) is 8.27. The quantitative estimate of drug-likeness (QED) is 0.648. The van der Waals surface area contributed by atoms with E-state index >= 15 is 0 Å². The van der Waals surface area contributed by atoms with Crippen LogP contribution in [-0.4, -0.2) is 32.2 Å². The molecule has 0 aliphatic carbocycles. The van der Waals surface area contributed by atoms with Crippen molar-refractivity contribution in [1.29, 1.82) is 0 Å². The molecule has 1 aliphatic heterocycles. The second-order valence-corrected chi connectivity index (χ2v) is 7.26. The van der Waals surface area contributed by atoms with E-state index in [0.29, 0.717) is 16.9 Å². The summed E-state index contributed by atoms with van der Waals surface area (Å²) in [7, 11) is 0. The summed E-state index contributed by atoms with van der Waals surface area (Å²) in [4.78, 5) is 25.5. The highest BCUT2D eigenvalue weighted by Gasteiger charge is 2.40. The maximum atomic E-state index is 12.9. The molecule has 1 N–H and O–H groups in total. The SMILES string of the molecule is CC(C)CC(C(=O)O)N1C(=O)/C(=C/c2ccc(F)cc2)SC1=S. The molecule has 1 fully saturated rings. The van der Waals surface area contributed by atoms with Crippen molar-refractivity contribution in [2.75, 3.05) is 0 Å². The van der Waals surface area contributed by atoms with Gasteiger partial charge in [-0.15, -0.1) is 0 Å². The van der Waals surface area contributed by atoms with Gasteiger partial charge in [-0.05, 0) is 36.1 Å². The van der Waals surface area contributed by atoms with E-state index in [-0.39, 0.29) is 16.1 Å². The fourth-order valence-electron chi connectivity index (χ4n) is 2.22. The van der Waals surface area contributed by atoms with E-state index in [1.807, 2.05) is 13.8 Å². The predicted octanol–water partition coefficient (Wildman–Crippen LogP) is 3.53.